The van der Waals surface area contributed by atoms with E-state index in [9.17, 15) is 31.1 Å². The van der Waals surface area contributed by atoms with Gasteiger partial charge in [0, 0.05) is 18.2 Å². The number of hydrogen-bond donors (Lipinski definition) is 1. The zero-order valence-corrected chi connectivity index (χ0v) is 17.9. The molecule has 0 aromatic heterocycles. The average molecular weight is 472 g/mol. The van der Waals surface area contributed by atoms with Crippen molar-refractivity contribution in [2.45, 2.75) is 44.5 Å². The first-order chi connectivity index (χ1) is 15.5. The third-order valence-corrected chi connectivity index (χ3v) is 6.13. The fourth-order valence-electron chi connectivity index (χ4n) is 4.24. The van der Waals surface area contributed by atoms with Crippen LogP contribution in [0.25, 0.3) is 0 Å². The summed E-state index contributed by atoms with van der Waals surface area (Å²) >= 11 is 0. The van der Waals surface area contributed by atoms with Crippen molar-refractivity contribution in [1.29, 1.82) is 0 Å². The van der Waals surface area contributed by atoms with Crippen LogP contribution in [0.1, 0.15) is 42.4 Å². The van der Waals surface area contributed by atoms with Crippen LogP contribution in [0, 0.1) is 11.8 Å². The predicted octanol–water partition coefficient (Wildman–Crippen LogP) is 6.07. The molecule has 0 atom stereocenters. The molecular weight excluding hydrogens is 446 g/mol. The number of carbonyl (C=O) groups is 1. The van der Waals surface area contributed by atoms with Crippen LogP contribution in [-0.4, -0.2) is 19.0 Å². The topological polar surface area (TPSA) is 46.3 Å². The monoisotopic (exact) mass is 472 g/mol. The van der Waals surface area contributed by atoms with Crippen molar-refractivity contribution in [3.05, 3.63) is 65.2 Å². The molecule has 0 radical (unpaired) electrons. The summed E-state index contributed by atoms with van der Waals surface area (Å²) in [5, 5.41) is 0. The maximum Gasteiger partial charge on any atom is 0.416 e. The maximum absolute atomic E-state index is 13.3. The molecule has 0 heterocycles. The molecule has 33 heavy (non-hydrogen) atoms. The summed E-state index contributed by atoms with van der Waals surface area (Å²) in [5.74, 6) is -0.0509. The highest BCUT2D eigenvalue weighted by Gasteiger charge is 2.37. The Morgan fingerprint density at radius 1 is 0.879 bits per heavy atom. The highest BCUT2D eigenvalue weighted by molar-refractivity contribution is 5.95. The highest BCUT2D eigenvalue weighted by atomic mass is 19.4. The number of carbonyl (C=O) groups excluding carboxylic acids is 1. The molecule has 3 nitrogen and oxygen atoms in total. The Hall–Kier alpha value is -2.55. The minimum atomic E-state index is -4.91. The number of amides is 1. The average Bonchev–Trinajstić information content (AvgIpc) is 2.78. The summed E-state index contributed by atoms with van der Waals surface area (Å²) in [5.41, 5.74) is 3.44. The first-order valence-corrected chi connectivity index (χ1v) is 10.8. The van der Waals surface area contributed by atoms with Gasteiger partial charge in [-0.15, -0.1) is 0 Å². The van der Waals surface area contributed by atoms with Crippen LogP contribution in [0.15, 0.2) is 48.5 Å². The van der Waals surface area contributed by atoms with E-state index in [-0.39, 0.29) is 36.4 Å². The lowest BCUT2D eigenvalue weighted by atomic mass is 9.81. The Kier molecular flexibility index (Phi) is 7.72. The van der Waals surface area contributed by atoms with Gasteiger partial charge in [0.2, 0.25) is 5.91 Å². The van der Waals surface area contributed by atoms with Crippen molar-refractivity contribution in [3.8, 4) is 0 Å². The van der Waals surface area contributed by atoms with Crippen LogP contribution >= 0.6 is 0 Å². The van der Waals surface area contributed by atoms with E-state index < -0.39 is 23.5 Å². The van der Waals surface area contributed by atoms with Gasteiger partial charge in [0.05, 0.1) is 11.1 Å². The van der Waals surface area contributed by atoms with E-state index >= 15 is 0 Å². The van der Waals surface area contributed by atoms with Gasteiger partial charge < -0.3 is 10.6 Å². The second-order valence-electron chi connectivity index (χ2n) is 8.44. The van der Waals surface area contributed by atoms with E-state index in [0.29, 0.717) is 31.0 Å². The van der Waals surface area contributed by atoms with Gasteiger partial charge in [-0.25, -0.2) is 0 Å². The van der Waals surface area contributed by atoms with Gasteiger partial charge in [-0.2, -0.15) is 26.3 Å². The third-order valence-electron chi connectivity index (χ3n) is 6.13. The van der Waals surface area contributed by atoms with Crippen molar-refractivity contribution in [3.63, 3.8) is 0 Å². The largest absolute Gasteiger partial charge is 0.416 e. The van der Waals surface area contributed by atoms with Gasteiger partial charge in [-0.3, -0.25) is 4.79 Å². The summed E-state index contributed by atoms with van der Waals surface area (Å²) < 4.78 is 79.1. The van der Waals surface area contributed by atoms with Gasteiger partial charge in [0.25, 0.3) is 0 Å². The van der Waals surface area contributed by atoms with Gasteiger partial charge in [-0.05, 0) is 80.5 Å². The molecule has 180 valence electrons. The number of nitrogens with zero attached hydrogens (tertiary/aromatic N) is 1. The lowest BCUT2D eigenvalue weighted by Crippen LogP contribution is -2.39. The fourth-order valence-corrected chi connectivity index (χ4v) is 4.24. The fraction of sp³-hybridized carbons (Fsp3) is 0.458. The molecule has 3 rings (SSSR count). The Morgan fingerprint density at radius 3 is 1.91 bits per heavy atom. The van der Waals surface area contributed by atoms with Gasteiger partial charge in [0.15, 0.2) is 0 Å². The molecule has 1 amide bonds. The van der Waals surface area contributed by atoms with Crippen molar-refractivity contribution >= 4 is 11.6 Å². The molecule has 1 aliphatic carbocycles. The molecule has 1 fully saturated rings. The van der Waals surface area contributed by atoms with Crippen molar-refractivity contribution in [2.75, 3.05) is 18.0 Å². The van der Waals surface area contributed by atoms with E-state index in [0.717, 1.165) is 25.0 Å². The van der Waals surface area contributed by atoms with E-state index in [2.05, 4.69) is 0 Å². The molecule has 0 saturated heterocycles. The lowest BCUT2D eigenvalue weighted by Gasteiger charge is -2.32. The number of benzene rings is 2. The second-order valence-corrected chi connectivity index (χ2v) is 8.44. The first-order valence-electron chi connectivity index (χ1n) is 10.8. The van der Waals surface area contributed by atoms with Crippen LogP contribution in [0.3, 0.4) is 0 Å². The Balaban J connectivity index is 1.85. The zero-order valence-electron chi connectivity index (χ0n) is 17.9. The molecule has 0 aliphatic heterocycles. The molecule has 9 heteroatoms. The number of rotatable bonds is 6. The zero-order chi connectivity index (χ0) is 24.2. The number of halogens is 6. The normalized spacial score (nSPS) is 19.4. The quantitative estimate of drug-likeness (QED) is 0.519. The Morgan fingerprint density at radius 2 is 1.42 bits per heavy atom. The van der Waals surface area contributed by atoms with E-state index in [1.165, 1.54) is 4.90 Å². The molecule has 2 aromatic rings. The van der Waals surface area contributed by atoms with E-state index in [4.69, 9.17) is 5.73 Å². The highest BCUT2D eigenvalue weighted by Crippen LogP contribution is 2.37. The summed E-state index contributed by atoms with van der Waals surface area (Å²) in [7, 11) is 0. The summed E-state index contributed by atoms with van der Waals surface area (Å²) in [6.07, 6.45) is -7.02. The van der Waals surface area contributed by atoms with Crippen molar-refractivity contribution < 1.29 is 31.1 Å². The molecule has 2 N–H and O–H groups in total. The molecule has 0 bridgehead atoms. The van der Waals surface area contributed by atoms with E-state index in [1.54, 1.807) is 30.3 Å². The standard InChI is InChI=1S/C24H26F6N2O/c25-23(26,27)19-12-17(13-20(14-19)24(28,29)30)10-11-32(21-4-2-1-3-5-21)22(33)18-8-6-16(15-31)7-9-18/h1-5,12-14,16,18H,6-11,15,31H2. The lowest BCUT2D eigenvalue weighted by molar-refractivity contribution is -0.143. The summed E-state index contributed by atoms with van der Waals surface area (Å²) in [4.78, 5) is 14.8. The van der Waals surface area contributed by atoms with E-state index in [1.807, 2.05) is 0 Å². The minimum Gasteiger partial charge on any atom is -0.330 e. The van der Waals surface area contributed by atoms with Crippen LogP contribution < -0.4 is 10.6 Å². The number of anilines is 1. The van der Waals surface area contributed by atoms with Crippen LogP contribution in [0.4, 0.5) is 32.0 Å². The Bertz CT molecular complexity index is 902. The molecule has 2 aromatic carbocycles. The molecule has 1 saturated carbocycles. The minimum absolute atomic E-state index is 0.0295. The summed E-state index contributed by atoms with van der Waals surface area (Å²) in [6, 6.07) is 10.2. The second kappa shape index (κ2) is 10.2. The maximum atomic E-state index is 13.3. The number of hydrogen-bond acceptors (Lipinski definition) is 2. The molecule has 0 spiro atoms. The molecule has 0 unspecified atom stereocenters. The smallest absolute Gasteiger partial charge is 0.330 e. The van der Waals surface area contributed by atoms with Crippen molar-refractivity contribution in [2.24, 2.45) is 17.6 Å². The van der Waals surface area contributed by atoms with Crippen molar-refractivity contribution in [1.82, 2.24) is 0 Å². The first kappa shape index (κ1) is 25.1. The molecular formula is C24H26F6N2O. The number of alkyl halides is 6. The third kappa shape index (κ3) is 6.50. The Labute approximate surface area is 188 Å². The number of para-hydroxylation sites is 1. The van der Waals surface area contributed by atoms with Gasteiger partial charge in [-0.1, -0.05) is 18.2 Å². The predicted molar refractivity (Wildman–Crippen MR) is 113 cm³/mol. The molecule has 1 aliphatic rings. The SMILES string of the molecule is NCC1CCC(C(=O)N(CCc2cc(C(F)(F)F)cc(C(F)(F)F)c2)c2ccccc2)CC1. The number of nitrogens with two attached hydrogens (primary N) is 1. The van der Waals surface area contributed by atoms with Crippen LogP contribution in [-0.2, 0) is 23.6 Å². The summed E-state index contributed by atoms with van der Waals surface area (Å²) in [6.45, 7) is 0.526. The van der Waals surface area contributed by atoms with Crippen LogP contribution in [0.5, 0.6) is 0 Å². The van der Waals surface area contributed by atoms with Crippen LogP contribution in [0.2, 0.25) is 0 Å². The van der Waals surface area contributed by atoms with Gasteiger partial charge >= 0.3 is 12.4 Å². The van der Waals surface area contributed by atoms with Gasteiger partial charge in [0.1, 0.15) is 0 Å².